The van der Waals surface area contributed by atoms with Crippen molar-refractivity contribution >= 4 is 18.4 Å². The number of hydrogen-bond acceptors (Lipinski definition) is 3. The van der Waals surface area contributed by atoms with E-state index >= 15 is 4.39 Å². The van der Waals surface area contributed by atoms with E-state index in [2.05, 4.69) is 13.8 Å². The number of alkyl halides is 1. The van der Waals surface area contributed by atoms with E-state index in [4.69, 9.17) is 12.6 Å². The first-order valence-electron chi connectivity index (χ1n) is 8.85. The van der Waals surface area contributed by atoms with E-state index in [1.165, 1.54) is 11.6 Å². The molecule has 1 N–H and O–H groups in total. The van der Waals surface area contributed by atoms with Crippen LogP contribution in [0.15, 0.2) is 34.3 Å². The maximum atomic E-state index is 16.6. The van der Waals surface area contributed by atoms with Crippen LogP contribution in [-0.4, -0.2) is 22.7 Å². The number of ketones is 1. The molecule has 130 valence electrons. The molecule has 6 atom stereocenters. The number of carbonyl (C=O) groups is 1. The molecule has 24 heavy (non-hydrogen) atoms. The average molecular weight is 348 g/mol. The zero-order chi connectivity index (χ0) is 17.5. The number of carbonyl (C=O) groups excluding carboxylic acids is 1. The molecular weight excluding hydrogens is 323 g/mol. The highest BCUT2D eigenvalue weighted by atomic mass is 32.1. The average Bonchev–Trinajstić information content (AvgIpc) is 2.74. The van der Waals surface area contributed by atoms with E-state index < -0.39 is 17.2 Å². The lowest BCUT2D eigenvalue weighted by Gasteiger charge is -2.61. The van der Waals surface area contributed by atoms with Crippen LogP contribution in [0.25, 0.3) is 0 Å². The fourth-order valence-corrected chi connectivity index (χ4v) is 6.47. The molecule has 0 bridgehead atoms. The summed E-state index contributed by atoms with van der Waals surface area (Å²) in [6, 6.07) is 0. The van der Waals surface area contributed by atoms with Gasteiger partial charge in [-0.2, -0.15) is 0 Å². The summed E-state index contributed by atoms with van der Waals surface area (Å²) in [5.41, 5.74) is -0.790. The quantitative estimate of drug-likeness (QED) is 0.645. The third-order valence-electron chi connectivity index (χ3n) is 7.50. The van der Waals surface area contributed by atoms with Crippen LogP contribution in [0.4, 0.5) is 4.39 Å². The number of aliphatic hydroxyl groups excluding tert-OH is 1. The maximum absolute atomic E-state index is 16.6. The van der Waals surface area contributed by atoms with Gasteiger partial charge in [0.15, 0.2) is 11.5 Å². The molecule has 4 heteroatoms. The molecule has 2 fully saturated rings. The Kier molecular flexibility index (Phi) is 3.35. The van der Waals surface area contributed by atoms with E-state index in [1.807, 2.05) is 6.92 Å². The van der Waals surface area contributed by atoms with Gasteiger partial charge in [-0.05, 0) is 62.5 Å². The minimum atomic E-state index is -1.73. The third kappa shape index (κ3) is 1.74. The SMILES string of the molecule is CC1=C(S)[C@@]2(C)C[C@H](O)[C@@]3(F)[C@@H](CCC4=CC(=O)C=C[C@@]43C)[C@@H]2C1. The first kappa shape index (κ1) is 16.6. The zero-order valence-corrected chi connectivity index (χ0v) is 15.4. The van der Waals surface area contributed by atoms with E-state index in [0.29, 0.717) is 12.8 Å². The number of hydrogen-bond donors (Lipinski definition) is 2. The van der Waals surface area contributed by atoms with Gasteiger partial charge in [0.05, 0.1) is 6.10 Å². The lowest BCUT2D eigenvalue weighted by atomic mass is 9.46. The van der Waals surface area contributed by atoms with Crippen molar-refractivity contribution in [1.29, 1.82) is 0 Å². The van der Waals surface area contributed by atoms with Gasteiger partial charge >= 0.3 is 0 Å². The van der Waals surface area contributed by atoms with Crippen molar-refractivity contribution in [2.24, 2.45) is 22.7 Å². The topological polar surface area (TPSA) is 37.3 Å². The van der Waals surface area contributed by atoms with Crippen LogP contribution in [-0.2, 0) is 4.79 Å². The molecule has 0 saturated heterocycles. The van der Waals surface area contributed by atoms with Gasteiger partial charge in [0.25, 0.3) is 0 Å². The second-order valence-corrected chi connectivity index (χ2v) is 9.05. The summed E-state index contributed by atoms with van der Waals surface area (Å²) < 4.78 is 16.6. The largest absolute Gasteiger partial charge is 0.390 e. The smallest absolute Gasteiger partial charge is 0.178 e. The molecule has 4 rings (SSSR count). The van der Waals surface area contributed by atoms with Gasteiger partial charge < -0.3 is 5.11 Å². The van der Waals surface area contributed by atoms with Crippen molar-refractivity contribution in [3.63, 3.8) is 0 Å². The van der Waals surface area contributed by atoms with Gasteiger partial charge in [-0.1, -0.05) is 24.1 Å². The molecule has 4 aliphatic carbocycles. The van der Waals surface area contributed by atoms with Crippen LogP contribution in [0.2, 0.25) is 0 Å². The number of thiol groups is 1. The van der Waals surface area contributed by atoms with Crippen molar-refractivity contribution in [2.45, 2.75) is 58.2 Å². The third-order valence-corrected chi connectivity index (χ3v) is 8.40. The van der Waals surface area contributed by atoms with Gasteiger partial charge in [0, 0.05) is 16.7 Å². The second-order valence-electron chi connectivity index (χ2n) is 8.60. The molecule has 0 spiro atoms. The van der Waals surface area contributed by atoms with Crippen molar-refractivity contribution in [2.75, 3.05) is 0 Å². The predicted molar refractivity (Wildman–Crippen MR) is 95.4 cm³/mol. The highest BCUT2D eigenvalue weighted by Crippen LogP contribution is 2.68. The van der Waals surface area contributed by atoms with Crippen molar-refractivity contribution in [3.8, 4) is 0 Å². The molecule has 0 aromatic carbocycles. The molecule has 4 aliphatic rings. The van der Waals surface area contributed by atoms with Gasteiger partial charge in [-0.25, -0.2) is 4.39 Å². The lowest BCUT2D eigenvalue weighted by Crippen LogP contribution is -2.66. The van der Waals surface area contributed by atoms with Crippen LogP contribution in [0.3, 0.4) is 0 Å². The Hall–Kier alpha value is -0.870. The van der Waals surface area contributed by atoms with E-state index in [0.717, 1.165) is 23.3 Å². The molecule has 0 aromatic heterocycles. The van der Waals surface area contributed by atoms with Gasteiger partial charge in [0.2, 0.25) is 0 Å². The van der Waals surface area contributed by atoms with E-state index in [9.17, 15) is 9.90 Å². The first-order chi connectivity index (χ1) is 11.1. The Labute approximate surface area is 148 Å². The van der Waals surface area contributed by atoms with Gasteiger partial charge in [0.1, 0.15) is 0 Å². The molecule has 0 amide bonds. The Bertz CT molecular complexity index is 723. The second kappa shape index (κ2) is 4.85. The lowest BCUT2D eigenvalue weighted by molar-refractivity contribution is -0.184. The predicted octanol–water partition coefficient (Wildman–Crippen LogP) is 4.17. The van der Waals surface area contributed by atoms with Crippen LogP contribution >= 0.6 is 12.6 Å². The molecule has 0 aliphatic heterocycles. The normalized spacial score (nSPS) is 50.3. The Morgan fingerprint density at radius 2 is 2.04 bits per heavy atom. The summed E-state index contributed by atoms with van der Waals surface area (Å²) in [5, 5.41) is 11.0. The number of allylic oxidation sites excluding steroid dienone is 6. The molecule has 0 unspecified atom stereocenters. The summed E-state index contributed by atoms with van der Waals surface area (Å²) in [6.07, 6.45) is 6.37. The summed E-state index contributed by atoms with van der Waals surface area (Å²) in [6.45, 7) is 6.07. The van der Waals surface area contributed by atoms with Gasteiger partial charge in [-0.15, -0.1) is 12.6 Å². The van der Waals surface area contributed by atoms with E-state index in [-0.39, 0.29) is 23.0 Å². The summed E-state index contributed by atoms with van der Waals surface area (Å²) in [5.74, 6) is -0.121. The van der Waals surface area contributed by atoms with Gasteiger partial charge in [-0.3, -0.25) is 4.79 Å². The van der Waals surface area contributed by atoms with Crippen LogP contribution in [0, 0.1) is 22.7 Å². The summed E-state index contributed by atoms with van der Waals surface area (Å²) >= 11 is 4.72. The van der Waals surface area contributed by atoms with Crippen LogP contribution in [0.1, 0.15) is 46.5 Å². The Morgan fingerprint density at radius 1 is 1.33 bits per heavy atom. The van der Waals surface area contributed by atoms with Crippen molar-refractivity contribution in [1.82, 2.24) is 0 Å². The standard InChI is InChI=1S/C20H25FO2S/c1-11-8-15-14-5-4-12-9-13(22)6-7-19(12,3)20(14,21)16(23)10-18(15,2)17(11)24/h6-7,9,14-16,23-24H,4-5,8,10H2,1-3H3/t14-,15-,16-,18-,19-,20-/m0/s1. The molecule has 0 aromatic rings. The summed E-state index contributed by atoms with van der Waals surface area (Å²) in [7, 11) is 0. The maximum Gasteiger partial charge on any atom is 0.178 e. The number of halogens is 1. The fourth-order valence-electron chi connectivity index (χ4n) is 6.12. The molecule has 0 radical (unpaired) electrons. The van der Waals surface area contributed by atoms with E-state index in [1.54, 1.807) is 12.2 Å². The number of fused-ring (bicyclic) bond motifs is 5. The zero-order valence-electron chi connectivity index (χ0n) is 14.5. The minimum Gasteiger partial charge on any atom is -0.390 e. The Balaban J connectivity index is 1.84. The van der Waals surface area contributed by atoms with Crippen LogP contribution < -0.4 is 0 Å². The Morgan fingerprint density at radius 3 is 2.75 bits per heavy atom. The molecule has 2 nitrogen and oxygen atoms in total. The number of rotatable bonds is 0. The van der Waals surface area contributed by atoms with Crippen molar-refractivity contribution < 1.29 is 14.3 Å². The highest BCUT2D eigenvalue weighted by molar-refractivity contribution is 7.84. The molecular formula is C20H25FO2S. The molecule has 2 saturated carbocycles. The number of aliphatic hydroxyl groups is 1. The van der Waals surface area contributed by atoms with Crippen molar-refractivity contribution in [3.05, 3.63) is 34.3 Å². The van der Waals surface area contributed by atoms with Crippen LogP contribution in [0.5, 0.6) is 0 Å². The first-order valence-corrected chi connectivity index (χ1v) is 9.29. The highest BCUT2D eigenvalue weighted by Gasteiger charge is 2.69. The fraction of sp³-hybridized carbons (Fsp3) is 0.650. The summed E-state index contributed by atoms with van der Waals surface area (Å²) in [4.78, 5) is 12.8. The monoisotopic (exact) mass is 348 g/mol. The molecule has 0 heterocycles. The minimum absolute atomic E-state index is 0.0734.